The van der Waals surface area contributed by atoms with E-state index in [-0.39, 0.29) is 23.7 Å². The SMILES string of the molecule is COCCOC(=O)Nc1cccc(NC(=O)c2ccc(C)c(S(=O)(=O)N3CCCCC3)c2)c1. The number of aryl methyl sites for hydroxylation is 1. The van der Waals surface area contributed by atoms with Crippen molar-refractivity contribution in [2.45, 2.75) is 31.1 Å². The predicted octanol–water partition coefficient (Wildman–Crippen LogP) is 3.62. The lowest BCUT2D eigenvalue weighted by molar-refractivity contribution is 0.102. The first-order valence-corrected chi connectivity index (χ1v) is 12.2. The van der Waals surface area contributed by atoms with Gasteiger partial charge >= 0.3 is 6.09 Å². The van der Waals surface area contributed by atoms with Crippen molar-refractivity contribution in [3.05, 3.63) is 53.6 Å². The zero-order chi connectivity index (χ0) is 23.8. The number of carbonyl (C=O) groups excluding carboxylic acids is 2. The summed E-state index contributed by atoms with van der Waals surface area (Å²) < 4.78 is 37.5. The van der Waals surface area contributed by atoms with Gasteiger partial charge < -0.3 is 14.8 Å². The van der Waals surface area contributed by atoms with Gasteiger partial charge in [-0.25, -0.2) is 13.2 Å². The number of ether oxygens (including phenoxy) is 2. The fourth-order valence-electron chi connectivity index (χ4n) is 3.51. The highest BCUT2D eigenvalue weighted by molar-refractivity contribution is 7.89. The average molecular weight is 476 g/mol. The van der Waals surface area contributed by atoms with Gasteiger partial charge in [-0.2, -0.15) is 4.31 Å². The molecule has 1 fully saturated rings. The molecule has 0 aromatic heterocycles. The van der Waals surface area contributed by atoms with Gasteiger partial charge in [0.25, 0.3) is 5.91 Å². The second-order valence-corrected chi connectivity index (χ2v) is 9.64. The number of amides is 2. The van der Waals surface area contributed by atoms with Crippen molar-refractivity contribution in [3.8, 4) is 0 Å². The highest BCUT2D eigenvalue weighted by Crippen LogP contribution is 2.25. The van der Waals surface area contributed by atoms with E-state index >= 15 is 0 Å². The van der Waals surface area contributed by atoms with Crippen LogP contribution in [0.3, 0.4) is 0 Å². The van der Waals surface area contributed by atoms with Crippen molar-refractivity contribution in [2.75, 3.05) is 44.0 Å². The Balaban J connectivity index is 1.72. The van der Waals surface area contributed by atoms with Gasteiger partial charge in [-0.05, 0) is 55.7 Å². The zero-order valence-corrected chi connectivity index (χ0v) is 19.6. The minimum absolute atomic E-state index is 0.120. The molecule has 1 aliphatic rings. The number of piperidine rings is 1. The molecule has 0 atom stereocenters. The summed E-state index contributed by atoms with van der Waals surface area (Å²) in [6, 6.07) is 11.2. The first-order chi connectivity index (χ1) is 15.8. The fourth-order valence-corrected chi connectivity index (χ4v) is 5.28. The average Bonchev–Trinajstić information content (AvgIpc) is 2.80. The van der Waals surface area contributed by atoms with Crippen molar-refractivity contribution in [1.82, 2.24) is 4.31 Å². The van der Waals surface area contributed by atoms with Crippen LogP contribution in [0, 0.1) is 6.92 Å². The number of carbonyl (C=O) groups is 2. The van der Waals surface area contributed by atoms with Gasteiger partial charge in [0, 0.05) is 37.1 Å². The molecule has 33 heavy (non-hydrogen) atoms. The number of nitrogens with zero attached hydrogens (tertiary/aromatic N) is 1. The van der Waals surface area contributed by atoms with Crippen LogP contribution in [0.5, 0.6) is 0 Å². The van der Waals surface area contributed by atoms with E-state index < -0.39 is 22.0 Å². The van der Waals surface area contributed by atoms with Crippen molar-refractivity contribution in [3.63, 3.8) is 0 Å². The van der Waals surface area contributed by atoms with Crippen molar-refractivity contribution in [2.24, 2.45) is 0 Å². The van der Waals surface area contributed by atoms with Gasteiger partial charge in [0.15, 0.2) is 0 Å². The summed E-state index contributed by atoms with van der Waals surface area (Å²) in [6.45, 7) is 3.11. The number of anilines is 2. The van der Waals surface area contributed by atoms with Gasteiger partial charge in [-0.3, -0.25) is 10.1 Å². The van der Waals surface area contributed by atoms with E-state index in [1.54, 1.807) is 43.3 Å². The molecule has 2 amide bonds. The van der Waals surface area contributed by atoms with Crippen LogP contribution in [0.4, 0.5) is 16.2 Å². The molecule has 0 saturated carbocycles. The van der Waals surface area contributed by atoms with Crippen LogP contribution < -0.4 is 10.6 Å². The molecule has 1 heterocycles. The molecule has 1 saturated heterocycles. The third kappa shape index (κ3) is 6.53. The maximum Gasteiger partial charge on any atom is 0.411 e. The number of sulfonamides is 1. The van der Waals surface area contributed by atoms with E-state index in [2.05, 4.69) is 10.6 Å². The molecule has 0 unspecified atom stereocenters. The third-order valence-electron chi connectivity index (χ3n) is 5.27. The monoisotopic (exact) mass is 475 g/mol. The maximum absolute atomic E-state index is 13.1. The lowest BCUT2D eigenvalue weighted by Crippen LogP contribution is -2.36. The smallest absolute Gasteiger partial charge is 0.411 e. The van der Waals surface area contributed by atoms with E-state index in [0.29, 0.717) is 30.0 Å². The van der Waals surface area contributed by atoms with Crippen LogP contribution >= 0.6 is 0 Å². The molecule has 0 bridgehead atoms. The third-order valence-corrected chi connectivity index (χ3v) is 7.31. The Morgan fingerprint density at radius 2 is 1.67 bits per heavy atom. The van der Waals surface area contributed by atoms with Crippen molar-refractivity contribution in [1.29, 1.82) is 0 Å². The Morgan fingerprint density at radius 1 is 0.970 bits per heavy atom. The summed E-state index contributed by atoms with van der Waals surface area (Å²) in [6.07, 6.45) is 2.05. The molecular formula is C23H29N3O6S. The molecular weight excluding hydrogens is 446 g/mol. The Hall–Kier alpha value is -2.95. The van der Waals surface area contributed by atoms with Gasteiger partial charge in [0.1, 0.15) is 6.61 Å². The molecule has 10 heteroatoms. The highest BCUT2D eigenvalue weighted by atomic mass is 32.2. The Kier molecular flexibility index (Phi) is 8.43. The topological polar surface area (TPSA) is 114 Å². The fraction of sp³-hybridized carbons (Fsp3) is 0.391. The minimum Gasteiger partial charge on any atom is -0.447 e. The molecule has 9 nitrogen and oxygen atoms in total. The summed E-state index contributed by atoms with van der Waals surface area (Å²) in [5.74, 6) is -0.454. The number of hydrogen-bond donors (Lipinski definition) is 2. The minimum atomic E-state index is -3.67. The maximum atomic E-state index is 13.1. The first-order valence-electron chi connectivity index (χ1n) is 10.8. The number of rotatable bonds is 8. The molecule has 178 valence electrons. The van der Waals surface area contributed by atoms with Crippen LogP contribution in [-0.2, 0) is 19.5 Å². The molecule has 0 aliphatic carbocycles. The predicted molar refractivity (Wildman–Crippen MR) is 125 cm³/mol. The van der Waals surface area contributed by atoms with Gasteiger partial charge in [0.2, 0.25) is 10.0 Å². The molecule has 0 radical (unpaired) electrons. The number of hydrogen-bond acceptors (Lipinski definition) is 6. The summed E-state index contributed by atoms with van der Waals surface area (Å²) in [5, 5.41) is 5.32. The Bertz CT molecular complexity index is 1100. The van der Waals surface area contributed by atoms with E-state index in [1.165, 1.54) is 17.5 Å². The lowest BCUT2D eigenvalue weighted by atomic mass is 10.1. The molecule has 3 rings (SSSR count). The van der Waals surface area contributed by atoms with Crippen molar-refractivity contribution < 1.29 is 27.5 Å². The van der Waals surface area contributed by atoms with Crippen molar-refractivity contribution >= 4 is 33.4 Å². The van der Waals surface area contributed by atoms with Gasteiger partial charge in [-0.1, -0.05) is 18.6 Å². The summed E-state index contributed by atoms with van der Waals surface area (Å²) in [4.78, 5) is 24.8. The van der Waals surface area contributed by atoms with E-state index in [4.69, 9.17) is 9.47 Å². The van der Waals surface area contributed by atoms with Crippen LogP contribution in [0.1, 0.15) is 35.2 Å². The van der Waals surface area contributed by atoms with Crippen LogP contribution in [-0.4, -0.2) is 58.1 Å². The Labute approximate surface area is 194 Å². The van der Waals surface area contributed by atoms with Gasteiger partial charge in [0.05, 0.1) is 11.5 Å². The first kappa shape index (κ1) is 24.7. The number of methoxy groups -OCH3 is 1. The van der Waals surface area contributed by atoms with E-state index in [0.717, 1.165) is 19.3 Å². The highest BCUT2D eigenvalue weighted by Gasteiger charge is 2.28. The van der Waals surface area contributed by atoms with Crippen LogP contribution in [0.25, 0.3) is 0 Å². The van der Waals surface area contributed by atoms with E-state index in [1.807, 2.05) is 0 Å². The number of benzene rings is 2. The quantitative estimate of drug-likeness (QED) is 0.564. The summed E-state index contributed by atoms with van der Waals surface area (Å²) in [7, 11) is -2.16. The van der Waals surface area contributed by atoms with Crippen LogP contribution in [0.15, 0.2) is 47.4 Å². The summed E-state index contributed by atoms with van der Waals surface area (Å²) >= 11 is 0. The molecule has 1 aliphatic heterocycles. The molecule has 2 aromatic rings. The van der Waals surface area contributed by atoms with E-state index in [9.17, 15) is 18.0 Å². The molecule has 2 aromatic carbocycles. The Morgan fingerprint density at radius 3 is 2.36 bits per heavy atom. The second kappa shape index (κ2) is 11.3. The standard InChI is InChI=1S/C23H29N3O6S/c1-17-9-10-18(15-21(17)33(29,30)26-11-4-3-5-12-26)22(27)24-19-7-6-8-20(16-19)25-23(28)32-14-13-31-2/h6-10,15-16H,3-5,11-14H2,1-2H3,(H,24,27)(H,25,28). The van der Waals surface area contributed by atoms with Crippen LogP contribution in [0.2, 0.25) is 0 Å². The zero-order valence-electron chi connectivity index (χ0n) is 18.8. The molecule has 0 spiro atoms. The summed E-state index contributed by atoms with van der Waals surface area (Å²) in [5.41, 5.74) is 1.70. The normalized spacial score (nSPS) is 14.5. The largest absolute Gasteiger partial charge is 0.447 e. The van der Waals surface area contributed by atoms with Gasteiger partial charge in [-0.15, -0.1) is 0 Å². The second-order valence-electron chi connectivity index (χ2n) is 7.73. The number of nitrogens with one attached hydrogen (secondary N) is 2. The lowest BCUT2D eigenvalue weighted by Gasteiger charge is -2.26. The molecule has 2 N–H and O–H groups in total.